The third-order valence-corrected chi connectivity index (χ3v) is 5.02. The molecule has 0 spiro atoms. The highest BCUT2D eigenvalue weighted by Crippen LogP contribution is 2.38. The lowest BCUT2D eigenvalue weighted by Crippen LogP contribution is -2.35. The number of benzene rings is 1. The molecule has 0 radical (unpaired) electrons. The first-order valence-electron chi connectivity index (χ1n) is 8.33. The Balaban J connectivity index is 1.73. The first kappa shape index (κ1) is 19.0. The quantitative estimate of drug-likeness (QED) is 0.818. The van der Waals surface area contributed by atoms with Gasteiger partial charge in [-0.25, -0.2) is 4.79 Å². The van der Waals surface area contributed by atoms with Gasteiger partial charge in [-0.05, 0) is 30.2 Å². The van der Waals surface area contributed by atoms with Crippen LogP contribution in [0.25, 0.3) is 0 Å². The molecular formula is C17H18F3N3O4. The van der Waals surface area contributed by atoms with Gasteiger partial charge in [0.25, 0.3) is 0 Å². The summed E-state index contributed by atoms with van der Waals surface area (Å²) >= 11 is 0. The molecule has 3 amide bonds. The lowest BCUT2D eigenvalue weighted by Gasteiger charge is -2.26. The van der Waals surface area contributed by atoms with E-state index >= 15 is 0 Å². The van der Waals surface area contributed by atoms with Crippen molar-refractivity contribution in [1.82, 2.24) is 4.90 Å². The van der Waals surface area contributed by atoms with Crippen LogP contribution in [0.3, 0.4) is 0 Å². The van der Waals surface area contributed by atoms with E-state index in [9.17, 15) is 27.6 Å². The standard InChI is InChI=1S/C17H18F3N3O4/c1-22-13-4-3-10(6-9(13)2-5-14(22)24)21-16(27)23-7-11(15(25)26)12(8-23)17(18,19)20/h3-4,6,11-12H,2,5,7-8H2,1H3,(H,21,27)(H,25,26)/t11-,12-/m1/s1. The van der Waals surface area contributed by atoms with Gasteiger partial charge in [0.1, 0.15) is 0 Å². The molecule has 0 bridgehead atoms. The van der Waals surface area contributed by atoms with Gasteiger partial charge in [0.15, 0.2) is 0 Å². The van der Waals surface area contributed by atoms with Crippen molar-refractivity contribution in [2.24, 2.45) is 11.8 Å². The zero-order valence-corrected chi connectivity index (χ0v) is 14.4. The molecule has 1 fully saturated rings. The van der Waals surface area contributed by atoms with Crippen molar-refractivity contribution in [3.8, 4) is 0 Å². The van der Waals surface area contributed by atoms with Crippen LogP contribution < -0.4 is 10.2 Å². The van der Waals surface area contributed by atoms with E-state index in [1.165, 1.54) is 4.90 Å². The number of fused-ring (bicyclic) bond motifs is 1. The van der Waals surface area contributed by atoms with Crippen molar-refractivity contribution in [3.63, 3.8) is 0 Å². The largest absolute Gasteiger partial charge is 0.481 e. The summed E-state index contributed by atoms with van der Waals surface area (Å²) in [5.41, 5.74) is 1.94. The molecule has 2 N–H and O–H groups in total. The summed E-state index contributed by atoms with van der Waals surface area (Å²) in [5.74, 6) is -5.37. The van der Waals surface area contributed by atoms with E-state index in [1.54, 1.807) is 25.2 Å². The molecule has 27 heavy (non-hydrogen) atoms. The topological polar surface area (TPSA) is 90.0 Å². The summed E-state index contributed by atoms with van der Waals surface area (Å²) in [6.45, 7) is -1.21. The third kappa shape index (κ3) is 3.69. The number of likely N-dealkylation sites (tertiary alicyclic amines) is 1. The summed E-state index contributed by atoms with van der Waals surface area (Å²) in [6, 6.07) is 4.10. The summed E-state index contributed by atoms with van der Waals surface area (Å²) in [4.78, 5) is 37.5. The molecule has 1 aromatic rings. The molecule has 2 aliphatic heterocycles. The number of urea groups is 1. The van der Waals surface area contributed by atoms with Gasteiger partial charge in [-0.15, -0.1) is 0 Å². The van der Waals surface area contributed by atoms with Crippen LogP contribution in [0, 0.1) is 11.8 Å². The molecule has 1 saturated heterocycles. The summed E-state index contributed by atoms with van der Waals surface area (Å²) < 4.78 is 39.1. The normalized spacial score (nSPS) is 22.6. The van der Waals surface area contributed by atoms with Gasteiger partial charge < -0.3 is 20.2 Å². The van der Waals surface area contributed by atoms with E-state index in [0.29, 0.717) is 24.2 Å². The minimum atomic E-state index is -4.69. The molecule has 7 nitrogen and oxygen atoms in total. The van der Waals surface area contributed by atoms with E-state index in [1.807, 2.05) is 0 Å². The molecule has 146 valence electrons. The maximum Gasteiger partial charge on any atom is 0.394 e. The fraction of sp³-hybridized carbons (Fsp3) is 0.471. The number of carbonyl (C=O) groups is 3. The van der Waals surface area contributed by atoms with Crippen molar-refractivity contribution < 1.29 is 32.7 Å². The molecule has 0 unspecified atom stereocenters. The Morgan fingerprint density at radius 2 is 1.93 bits per heavy atom. The fourth-order valence-corrected chi connectivity index (χ4v) is 3.49. The SMILES string of the molecule is CN1C(=O)CCc2cc(NC(=O)N3C[C@@H](C(F)(F)F)[C@H](C(=O)O)C3)ccc21. The number of amides is 3. The predicted octanol–water partition coefficient (Wildman–Crippen LogP) is 2.32. The van der Waals surface area contributed by atoms with Crippen LogP contribution in [0.4, 0.5) is 29.3 Å². The van der Waals surface area contributed by atoms with Crippen LogP contribution in [-0.2, 0) is 16.0 Å². The second-order valence-electron chi connectivity index (χ2n) is 6.72. The molecule has 10 heteroatoms. The Bertz CT molecular complexity index is 796. The minimum Gasteiger partial charge on any atom is -0.481 e. The Labute approximate surface area is 152 Å². The number of halogens is 3. The van der Waals surface area contributed by atoms with E-state index in [2.05, 4.69) is 5.32 Å². The Morgan fingerprint density at radius 3 is 2.52 bits per heavy atom. The molecule has 0 saturated carbocycles. The van der Waals surface area contributed by atoms with Gasteiger partial charge >= 0.3 is 18.2 Å². The lowest BCUT2D eigenvalue weighted by molar-refractivity contribution is -0.187. The summed E-state index contributed by atoms with van der Waals surface area (Å²) in [6.07, 6.45) is -3.86. The maximum absolute atomic E-state index is 13.0. The number of hydrogen-bond acceptors (Lipinski definition) is 3. The van der Waals surface area contributed by atoms with E-state index in [-0.39, 0.29) is 5.91 Å². The van der Waals surface area contributed by atoms with E-state index < -0.39 is 43.1 Å². The van der Waals surface area contributed by atoms with Crippen LogP contribution in [0.5, 0.6) is 0 Å². The zero-order chi connectivity index (χ0) is 19.9. The van der Waals surface area contributed by atoms with Crippen molar-refractivity contribution in [2.45, 2.75) is 19.0 Å². The lowest BCUT2D eigenvalue weighted by atomic mass is 9.96. The van der Waals surface area contributed by atoms with E-state index in [0.717, 1.165) is 10.5 Å². The van der Waals surface area contributed by atoms with Gasteiger partial charge in [-0.1, -0.05) is 0 Å². The van der Waals surface area contributed by atoms with E-state index in [4.69, 9.17) is 5.11 Å². The monoisotopic (exact) mass is 385 g/mol. The highest BCUT2D eigenvalue weighted by Gasteiger charge is 2.53. The number of carboxylic acid groups (broad SMARTS) is 1. The number of aryl methyl sites for hydroxylation is 1. The summed E-state index contributed by atoms with van der Waals surface area (Å²) in [7, 11) is 1.64. The molecule has 1 aromatic carbocycles. The fourth-order valence-electron chi connectivity index (χ4n) is 3.49. The third-order valence-electron chi connectivity index (χ3n) is 5.02. The van der Waals surface area contributed by atoms with Gasteiger partial charge in [-0.3, -0.25) is 9.59 Å². The van der Waals surface area contributed by atoms with Crippen LogP contribution in [0.2, 0.25) is 0 Å². The molecule has 2 atom stereocenters. The second kappa shape index (κ2) is 6.75. The highest BCUT2D eigenvalue weighted by molar-refractivity contribution is 5.97. The number of rotatable bonds is 2. The molecular weight excluding hydrogens is 367 g/mol. The van der Waals surface area contributed by atoms with Gasteiger partial charge in [0, 0.05) is 37.9 Å². The number of anilines is 2. The molecule has 2 aliphatic rings. The minimum absolute atomic E-state index is 0.0192. The van der Waals surface area contributed by atoms with Crippen LogP contribution in [0.15, 0.2) is 18.2 Å². The maximum atomic E-state index is 13.0. The number of aliphatic carboxylic acids is 1. The number of nitrogens with zero attached hydrogens (tertiary/aromatic N) is 2. The van der Waals surface area contributed by atoms with Crippen molar-refractivity contribution >= 4 is 29.3 Å². The van der Waals surface area contributed by atoms with Gasteiger partial charge in [-0.2, -0.15) is 13.2 Å². The Morgan fingerprint density at radius 1 is 1.22 bits per heavy atom. The Hall–Kier alpha value is -2.78. The molecule has 3 rings (SSSR count). The van der Waals surface area contributed by atoms with Gasteiger partial charge in [0.05, 0.1) is 11.8 Å². The summed E-state index contributed by atoms with van der Waals surface area (Å²) in [5, 5.41) is 11.5. The van der Waals surface area contributed by atoms with Crippen LogP contribution in [0.1, 0.15) is 12.0 Å². The second-order valence-corrected chi connectivity index (χ2v) is 6.72. The Kier molecular flexibility index (Phi) is 4.75. The zero-order valence-electron chi connectivity index (χ0n) is 14.4. The number of carbonyl (C=O) groups excluding carboxylic acids is 2. The number of nitrogens with one attached hydrogen (secondary N) is 1. The first-order valence-corrected chi connectivity index (χ1v) is 8.33. The van der Waals surface area contributed by atoms with Crippen molar-refractivity contribution in [3.05, 3.63) is 23.8 Å². The van der Waals surface area contributed by atoms with Crippen LogP contribution in [-0.4, -0.2) is 54.2 Å². The smallest absolute Gasteiger partial charge is 0.394 e. The molecule has 0 aromatic heterocycles. The number of alkyl halides is 3. The molecule has 2 heterocycles. The first-order chi connectivity index (χ1) is 12.6. The number of hydrogen-bond donors (Lipinski definition) is 2. The van der Waals surface area contributed by atoms with Crippen molar-refractivity contribution in [1.29, 1.82) is 0 Å². The van der Waals surface area contributed by atoms with Crippen LogP contribution >= 0.6 is 0 Å². The van der Waals surface area contributed by atoms with Gasteiger partial charge in [0.2, 0.25) is 5.91 Å². The predicted molar refractivity (Wildman–Crippen MR) is 89.4 cm³/mol. The average molecular weight is 385 g/mol. The number of carboxylic acids is 1. The molecule has 0 aliphatic carbocycles. The van der Waals surface area contributed by atoms with Crippen molar-refractivity contribution in [2.75, 3.05) is 30.4 Å². The highest BCUT2D eigenvalue weighted by atomic mass is 19.4. The average Bonchev–Trinajstić information content (AvgIpc) is 3.04.